The molecule has 0 amide bonds. The van der Waals surface area contributed by atoms with E-state index < -0.39 is 0 Å². The Morgan fingerprint density at radius 2 is 1.78 bits per heavy atom. The van der Waals surface area contributed by atoms with Gasteiger partial charge in [-0.2, -0.15) is 0 Å². The van der Waals surface area contributed by atoms with E-state index in [2.05, 4.69) is 32.8 Å². The van der Waals surface area contributed by atoms with Crippen molar-refractivity contribution in [2.24, 2.45) is 0 Å². The monoisotopic (exact) mass is 456 g/mol. The van der Waals surface area contributed by atoms with Crippen molar-refractivity contribution in [1.82, 2.24) is 10.2 Å². The van der Waals surface area contributed by atoms with Gasteiger partial charge in [0.2, 0.25) is 5.89 Å². The van der Waals surface area contributed by atoms with Gasteiger partial charge >= 0.3 is 0 Å². The molecule has 23 heavy (non-hydrogen) atoms. The SMILES string of the molecule is O=C(CSc1nnc(-c2ccc(Cl)cc2)o1)c1ccc(I)cc1. The van der Waals surface area contributed by atoms with Crippen molar-refractivity contribution in [3.8, 4) is 11.5 Å². The molecule has 1 aromatic heterocycles. The summed E-state index contributed by atoms with van der Waals surface area (Å²) in [5, 5.41) is 8.95. The second-order valence-electron chi connectivity index (χ2n) is 4.60. The number of carbonyl (C=O) groups excluding carboxylic acids is 1. The Kier molecular flexibility index (Phi) is 5.34. The second kappa shape index (κ2) is 7.46. The highest BCUT2D eigenvalue weighted by atomic mass is 127. The number of Topliss-reactive ketones (excluding diaryl/α,β-unsaturated/α-hetero) is 1. The molecule has 3 aromatic rings. The maximum Gasteiger partial charge on any atom is 0.277 e. The van der Waals surface area contributed by atoms with Crippen LogP contribution in [-0.4, -0.2) is 21.7 Å². The third kappa shape index (κ3) is 4.33. The predicted molar refractivity (Wildman–Crippen MR) is 99.0 cm³/mol. The molecular formula is C16H10ClIN2O2S. The number of aromatic nitrogens is 2. The van der Waals surface area contributed by atoms with Crippen LogP contribution >= 0.6 is 46.0 Å². The Morgan fingerprint density at radius 3 is 2.48 bits per heavy atom. The Balaban J connectivity index is 1.64. The van der Waals surface area contributed by atoms with Crippen LogP contribution in [0, 0.1) is 3.57 Å². The average molecular weight is 457 g/mol. The highest BCUT2D eigenvalue weighted by molar-refractivity contribution is 14.1. The predicted octanol–water partition coefficient (Wildman–Crippen LogP) is 4.97. The Labute approximate surface area is 155 Å². The van der Waals surface area contributed by atoms with Crippen molar-refractivity contribution in [2.75, 3.05) is 5.75 Å². The van der Waals surface area contributed by atoms with Gasteiger partial charge in [0.15, 0.2) is 5.78 Å². The van der Waals surface area contributed by atoms with E-state index in [1.165, 1.54) is 11.8 Å². The molecule has 0 N–H and O–H groups in total. The van der Waals surface area contributed by atoms with Gasteiger partial charge in [-0.25, -0.2) is 0 Å². The molecule has 0 fully saturated rings. The molecule has 0 bridgehead atoms. The van der Waals surface area contributed by atoms with E-state index in [0.717, 1.165) is 9.13 Å². The van der Waals surface area contributed by atoms with Gasteiger partial charge in [-0.1, -0.05) is 35.5 Å². The summed E-state index contributed by atoms with van der Waals surface area (Å²) in [6, 6.07) is 14.6. The normalized spacial score (nSPS) is 10.7. The summed E-state index contributed by atoms with van der Waals surface area (Å²) in [5.74, 6) is 0.687. The third-order valence-electron chi connectivity index (χ3n) is 2.99. The summed E-state index contributed by atoms with van der Waals surface area (Å²) in [6.07, 6.45) is 0. The number of rotatable bonds is 5. The fraction of sp³-hybridized carbons (Fsp3) is 0.0625. The number of hydrogen-bond acceptors (Lipinski definition) is 5. The zero-order valence-corrected chi connectivity index (χ0v) is 15.4. The molecule has 0 aliphatic carbocycles. The van der Waals surface area contributed by atoms with Crippen LogP contribution < -0.4 is 0 Å². The van der Waals surface area contributed by atoms with E-state index >= 15 is 0 Å². The van der Waals surface area contributed by atoms with Gasteiger partial charge < -0.3 is 4.42 Å². The molecule has 0 saturated carbocycles. The summed E-state index contributed by atoms with van der Waals surface area (Å²) >= 11 is 9.28. The summed E-state index contributed by atoms with van der Waals surface area (Å²) < 4.78 is 6.65. The molecular weight excluding hydrogens is 447 g/mol. The largest absolute Gasteiger partial charge is 0.411 e. The van der Waals surface area contributed by atoms with E-state index in [4.69, 9.17) is 16.0 Å². The lowest BCUT2D eigenvalue weighted by molar-refractivity contribution is 0.102. The maximum absolute atomic E-state index is 12.1. The average Bonchev–Trinajstić information content (AvgIpc) is 3.03. The molecule has 7 heteroatoms. The van der Waals surface area contributed by atoms with Gasteiger partial charge in [0.25, 0.3) is 5.22 Å². The van der Waals surface area contributed by atoms with Gasteiger partial charge in [0.1, 0.15) is 0 Å². The summed E-state index contributed by atoms with van der Waals surface area (Å²) in [6.45, 7) is 0. The van der Waals surface area contributed by atoms with Crippen LogP contribution in [0.2, 0.25) is 5.02 Å². The standard InChI is InChI=1S/C16H10ClIN2O2S/c17-12-5-1-11(2-6-12)15-19-20-16(22-15)23-9-14(21)10-3-7-13(18)8-4-10/h1-8H,9H2. The number of benzene rings is 2. The minimum absolute atomic E-state index is 0.0256. The molecule has 0 radical (unpaired) electrons. The van der Waals surface area contributed by atoms with Crippen molar-refractivity contribution >= 4 is 51.7 Å². The van der Waals surface area contributed by atoms with Crippen molar-refractivity contribution < 1.29 is 9.21 Å². The van der Waals surface area contributed by atoms with E-state index in [1.807, 2.05) is 24.3 Å². The number of halogens is 2. The summed E-state index contributed by atoms with van der Waals surface area (Å²) in [4.78, 5) is 12.1. The van der Waals surface area contributed by atoms with E-state index in [-0.39, 0.29) is 11.5 Å². The van der Waals surface area contributed by atoms with Crippen LogP contribution in [0.25, 0.3) is 11.5 Å². The van der Waals surface area contributed by atoms with Crippen LogP contribution in [0.5, 0.6) is 0 Å². The highest BCUT2D eigenvalue weighted by Gasteiger charge is 2.12. The smallest absolute Gasteiger partial charge is 0.277 e. The van der Waals surface area contributed by atoms with Gasteiger partial charge in [-0.3, -0.25) is 4.79 Å². The molecule has 1 heterocycles. The van der Waals surface area contributed by atoms with Gasteiger partial charge in [-0.15, -0.1) is 10.2 Å². The first-order chi connectivity index (χ1) is 11.1. The van der Waals surface area contributed by atoms with E-state index in [0.29, 0.717) is 21.7 Å². The number of carbonyl (C=O) groups is 1. The van der Waals surface area contributed by atoms with Crippen molar-refractivity contribution in [2.45, 2.75) is 5.22 Å². The first kappa shape index (κ1) is 16.5. The zero-order chi connectivity index (χ0) is 16.2. The fourth-order valence-electron chi connectivity index (χ4n) is 1.82. The molecule has 3 rings (SSSR count). The Bertz CT molecular complexity index is 819. The number of ketones is 1. The number of nitrogens with zero attached hydrogens (tertiary/aromatic N) is 2. The quantitative estimate of drug-likeness (QED) is 0.308. The lowest BCUT2D eigenvalue weighted by Crippen LogP contribution is -2.02. The number of thioether (sulfide) groups is 1. The molecule has 4 nitrogen and oxygen atoms in total. The topological polar surface area (TPSA) is 56.0 Å². The van der Waals surface area contributed by atoms with Crippen LogP contribution in [0.4, 0.5) is 0 Å². The Hall–Kier alpha value is -1.38. The van der Waals surface area contributed by atoms with Crippen LogP contribution in [-0.2, 0) is 0 Å². The molecule has 0 unspecified atom stereocenters. The van der Waals surface area contributed by atoms with E-state index in [1.54, 1.807) is 24.3 Å². The van der Waals surface area contributed by atoms with Crippen molar-refractivity contribution in [3.63, 3.8) is 0 Å². The lowest BCUT2D eigenvalue weighted by Gasteiger charge is -1.99. The Morgan fingerprint density at radius 1 is 1.09 bits per heavy atom. The molecule has 0 spiro atoms. The lowest BCUT2D eigenvalue weighted by atomic mass is 10.2. The molecule has 0 aliphatic rings. The molecule has 0 saturated heterocycles. The van der Waals surface area contributed by atoms with Crippen LogP contribution in [0.3, 0.4) is 0 Å². The van der Waals surface area contributed by atoms with Crippen molar-refractivity contribution in [1.29, 1.82) is 0 Å². The third-order valence-corrected chi connectivity index (χ3v) is 4.78. The summed E-state index contributed by atoms with van der Waals surface area (Å²) in [7, 11) is 0. The minimum Gasteiger partial charge on any atom is -0.411 e. The van der Waals surface area contributed by atoms with Gasteiger partial charge in [-0.05, 0) is 59.0 Å². The molecule has 0 atom stereocenters. The van der Waals surface area contributed by atoms with Gasteiger partial charge in [0.05, 0.1) is 5.75 Å². The maximum atomic E-state index is 12.1. The minimum atomic E-state index is 0.0256. The second-order valence-corrected chi connectivity index (χ2v) is 7.21. The van der Waals surface area contributed by atoms with E-state index in [9.17, 15) is 4.79 Å². The fourth-order valence-corrected chi connectivity index (χ4v) is 2.97. The first-order valence-corrected chi connectivity index (χ1v) is 9.07. The molecule has 2 aromatic carbocycles. The molecule has 116 valence electrons. The molecule has 0 aliphatic heterocycles. The zero-order valence-electron chi connectivity index (χ0n) is 11.7. The van der Waals surface area contributed by atoms with Crippen LogP contribution in [0.15, 0.2) is 58.2 Å². The number of hydrogen-bond donors (Lipinski definition) is 0. The first-order valence-electron chi connectivity index (χ1n) is 6.63. The highest BCUT2D eigenvalue weighted by Crippen LogP contribution is 2.24. The van der Waals surface area contributed by atoms with Gasteiger partial charge in [0, 0.05) is 19.7 Å². The summed E-state index contributed by atoms with van der Waals surface area (Å²) in [5.41, 5.74) is 1.47. The van der Waals surface area contributed by atoms with Crippen LogP contribution in [0.1, 0.15) is 10.4 Å². The van der Waals surface area contributed by atoms with Crippen molar-refractivity contribution in [3.05, 3.63) is 62.7 Å².